The summed E-state index contributed by atoms with van der Waals surface area (Å²) in [6.45, 7) is 11.3. The van der Waals surface area contributed by atoms with Crippen LogP contribution in [0.4, 0.5) is 0 Å². The van der Waals surface area contributed by atoms with E-state index >= 15 is 0 Å². The van der Waals surface area contributed by atoms with Crippen LogP contribution in [0.25, 0.3) is 0 Å². The Morgan fingerprint density at radius 3 is 2.50 bits per heavy atom. The van der Waals surface area contributed by atoms with Gasteiger partial charge in [0.1, 0.15) is 5.78 Å². The number of rotatable bonds is 1. The van der Waals surface area contributed by atoms with E-state index in [-0.39, 0.29) is 21.7 Å². The van der Waals surface area contributed by atoms with Gasteiger partial charge in [0.2, 0.25) is 0 Å². The number of carbonyl (C=O) groups excluding carboxylic acids is 1. The van der Waals surface area contributed by atoms with Gasteiger partial charge in [0.25, 0.3) is 0 Å². The maximum Gasteiger partial charge on any atom is 0.140 e. The summed E-state index contributed by atoms with van der Waals surface area (Å²) in [6.07, 6.45) is 10.0. The van der Waals surface area contributed by atoms with Gasteiger partial charge in [-0.05, 0) is 48.0 Å². The minimum Gasteiger partial charge on any atom is -0.299 e. The molecule has 3 aliphatic rings. The molecule has 0 heterocycles. The van der Waals surface area contributed by atoms with Gasteiger partial charge in [0.15, 0.2) is 0 Å². The average molecular weight is 244 g/mol. The van der Waals surface area contributed by atoms with Crippen LogP contribution in [0.15, 0.2) is 23.8 Å². The molecule has 0 aromatic rings. The van der Waals surface area contributed by atoms with Crippen LogP contribution in [0.2, 0.25) is 0 Å². The molecule has 0 N–H and O–H groups in total. The molecule has 98 valence electrons. The van der Waals surface area contributed by atoms with Crippen molar-refractivity contribution in [2.45, 2.75) is 53.9 Å². The molecule has 1 nitrogen and oxygen atoms in total. The number of hydrogen-bond donors (Lipinski definition) is 0. The third kappa shape index (κ3) is 0.929. The molecule has 1 heteroatoms. The third-order valence-corrected chi connectivity index (χ3v) is 7.06. The van der Waals surface area contributed by atoms with Crippen LogP contribution in [0.5, 0.6) is 0 Å². The number of carbonyl (C=O) groups is 1. The molecule has 0 aromatic carbocycles. The lowest BCUT2D eigenvalue weighted by atomic mass is 9.59. The predicted molar refractivity (Wildman–Crippen MR) is 74.2 cm³/mol. The van der Waals surface area contributed by atoms with Crippen LogP contribution in [0.1, 0.15) is 53.9 Å². The highest BCUT2D eigenvalue weighted by molar-refractivity contribution is 5.92. The molecular formula is C17H24O. The standard InChI is InChI=1S/C17H24O/c1-12(18)17-11-16(17,5)14(2,3)15(4)10-8-6-7-9-13(15)17/h6-7,9H,8,10-11H2,1-5H3. The SMILES string of the molecule is CC(=O)C12CC1(C)C(C)(C)C1(C)CCC=CC=C12. The number of allylic oxidation sites excluding steroid dienone is 4. The zero-order valence-electron chi connectivity index (χ0n) is 12.3. The molecule has 3 atom stereocenters. The van der Waals surface area contributed by atoms with Crippen molar-refractivity contribution in [2.24, 2.45) is 21.7 Å². The van der Waals surface area contributed by atoms with Crippen molar-refractivity contribution in [3.63, 3.8) is 0 Å². The van der Waals surface area contributed by atoms with Gasteiger partial charge >= 0.3 is 0 Å². The molecule has 2 saturated carbocycles. The Balaban J connectivity index is 2.26. The van der Waals surface area contributed by atoms with Crippen molar-refractivity contribution in [3.05, 3.63) is 23.8 Å². The fraction of sp³-hybridized carbons (Fsp3) is 0.706. The maximum absolute atomic E-state index is 12.3. The van der Waals surface area contributed by atoms with E-state index in [1.165, 1.54) is 12.0 Å². The molecule has 0 spiro atoms. The van der Waals surface area contributed by atoms with Gasteiger partial charge in [0.05, 0.1) is 5.41 Å². The van der Waals surface area contributed by atoms with Crippen molar-refractivity contribution in [3.8, 4) is 0 Å². The summed E-state index contributed by atoms with van der Waals surface area (Å²) in [4.78, 5) is 12.3. The minimum atomic E-state index is -0.153. The normalized spacial score (nSPS) is 47.9. The first-order valence-corrected chi connectivity index (χ1v) is 7.13. The van der Waals surface area contributed by atoms with E-state index in [0.717, 1.165) is 12.8 Å². The van der Waals surface area contributed by atoms with Crippen LogP contribution in [0.3, 0.4) is 0 Å². The minimum absolute atomic E-state index is 0.153. The van der Waals surface area contributed by atoms with Crippen LogP contribution in [-0.4, -0.2) is 5.78 Å². The molecule has 3 rings (SSSR count). The van der Waals surface area contributed by atoms with E-state index in [4.69, 9.17) is 0 Å². The topological polar surface area (TPSA) is 17.1 Å². The molecule has 0 bridgehead atoms. The summed E-state index contributed by atoms with van der Waals surface area (Å²) in [5.74, 6) is 0.378. The zero-order valence-corrected chi connectivity index (χ0v) is 12.3. The second kappa shape index (κ2) is 3.00. The Morgan fingerprint density at radius 2 is 1.89 bits per heavy atom. The van der Waals surface area contributed by atoms with E-state index in [9.17, 15) is 4.79 Å². The van der Waals surface area contributed by atoms with Crippen molar-refractivity contribution in [1.29, 1.82) is 0 Å². The molecule has 0 aliphatic heterocycles. The Bertz CT molecular complexity index is 496. The molecule has 3 aliphatic carbocycles. The highest BCUT2D eigenvalue weighted by atomic mass is 16.1. The average Bonchev–Trinajstić information content (AvgIpc) is 2.92. The summed E-state index contributed by atoms with van der Waals surface area (Å²) >= 11 is 0. The number of fused-ring (bicyclic) bond motifs is 3. The maximum atomic E-state index is 12.3. The van der Waals surface area contributed by atoms with E-state index in [0.29, 0.717) is 5.78 Å². The van der Waals surface area contributed by atoms with E-state index < -0.39 is 0 Å². The first-order chi connectivity index (χ1) is 8.24. The summed E-state index contributed by atoms with van der Waals surface area (Å²) in [5.41, 5.74) is 1.81. The molecule has 0 aromatic heterocycles. The van der Waals surface area contributed by atoms with Crippen LogP contribution in [0, 0.1) is 21.7 Å². The van der Waals surface area contributed by atoms with Crippen LogP contribution >= 0.6 is 0 Å². The van der Waals surface area contributed by atoms with E-state index in [2.05, 4.69) is 45.9 Å². The third-order valence-electron chi connectivity index (χ3n) is 7.06. The van der Waals surface area contributed by atoms with Gasteiger partial charge in [-0.2, -0.15) is 0 Å². The van der Waals surface area contributed by atoms with Gasteiger partial charge < -0.3 is 0 Å². The van der Waals surface area contributed by atoms with Gasteiger partial charge in [-0.25, -0.2) is 0 Å². The summed E-state index contributed by atoms with van der Waals surface area (Å²) in [5, 5.41) is 0. The van der Waals surface area contributed by atoms with Gasteiger partial charge in [-0.15, -0.1) is 0 Å². The highest BCUT2D eigenvalue weighted by Crippen LogP contribution is 2.87. The molecule has 0 amide bonds. The highest BCUT2D eigenvalue weighted by Gasteiger charge is 2.84. The molecule has 18 heavy (non-hydrogen) atoms. The summed E-state index contributed by atoms with van der Waals surface area (Å²) in [7, 11) is 0. The Labute approximate surface area is 110 Å². The second-order valence-electron chi connectivity index (χ2n) is 7.47. The van der Waals surface area contributed by atoms with Crippen molar-refractivity contribution in [2.75, 3.05) is 0 Å². The summed E-state index contributed by atoms with van der Waals surface area (Å²) < 4.78 is 0. The lowest BCUT2D eigenvalue weighted by Gasteiger charge is -2.45. The number of ketones is 1. The lowest BCUT2D eigenvalue weighted by Crippen LogP contribution is -2.37. The second-order valence-corrected chi connectivity index (χ2v) is 7.47. The monoisotopic (exact) mass is 244 g/mol. The number of Topliss-reactive ketones (excluding diaryl/α,β-unsaturated/α-hetero) is 1. The molecular weight excluding hydrogens is 220 g/mol. The van der Waals surface area contributed by atoms with Crippen molar-refractivity contribution in [1.82, 2.24) is 0 Å². The first-order valence-electron chi connectivity index (χ1n) is 7.13. The van der Waals surface area contributed by atoms with Crippen LogP contribution in [-0.2, 0) is 4.79 Å². The van der Waals surface area contributed by atoms with Crippen LogP contribution < -0.4 is 0 Å². The predicted octanol–water partition coefficient (Wildman–Crippen LogP) is 4.29. The van der Waals surface area contributed by atoms with Gasteiger partial charge in [-0.1, -0.05) is 45.9 Å². The fourth-order valence-corrected chi connectivity index (χ4v) is 5.16. The summed E-state index contributed by atoms with van der Waals surface area (Å²) in [6, 6.07) is 0. The molecule has 3 unspecified atom stereocenters. The molecule has 2 fully saturated rings. The first kappa shape index (κ1) is 12.2. The number of hydrogen-bond acceptors (Lipinski definition) is 1. The fourth-order valence-electron chi connectivity index (χ4n) is 5.16. The Morgan fingerprint density at radius 1 is 1.22 bits per heavy atom. The molecule has 0 saturated heterocycles. The molecule has 0 radical (unpaired) electrons. The van der Waals surface area contributed by atoms with Gasteiger partial charge in [-0.3, -0.25) is 4.79 Å². The zero-order chi connectivity index (χ0) is 13.4. The Hall–Kier alpha value is -0.850. The Kier molecular flexibility index (Phi) is 2.03. The smallest absolute Gasteiger partial charge is 0.140 e. The lowest BCUT2D eigenvalue weighted by molar-refractivity contribution is -0.121. The van der Waals surface area contributed by atoms with Crippen molar-refractivity contribution >= 4 is 5.78 Å². The van der Waals surface area contributed by atoms with Crippen molar-refractivity contribution < 1.29 is 4.79 Å². The quantitative estimate of drug-likeness (QED) is 0.672. The van der Waals surface area contributed by atoms with Gasteiger partial charge in [0, 0.05) is 0 Å². The largest absolute Gasteiger partial charge is 0.299 e. The van der Waals surface area contributed by atoms with E-state index in [1.54, 1.807) is 6.92 Å². The van der Waals surface area contributed by atoms with E-state index in [1.807, 2.05) is 0 Å².